The topological polar surface area (TPSA) is 0 Å². The van der Waals surface area contributed by atoms with E-state index in [-0.39, 0.29) is 0 Å². The molecule has 0 aromatic rings. The summed E-state index contributed by atoms with van der Waals surface area (Å²) in [7, 11) is 0. The summed E-state index contributed by atoms with van der Waals surface area (Å²) < 4.78 is 0. The molecule has 0 aromatic heterocycles. The Morgan fingerprint density at radius 3 is 2.08 bits per heavy atom. The molecule has 0 aliphatic carbocycles. The maximum atomic E-state index is 5.24. The Balaban J connectivity index is 2.90. The highest BCUT2D eigenvalue weighted by Gasteiger charge is 1.99. The minimum Gasteiger partial charge on any atom is -0.0905 e. The third kappa shape index (κ3) is 8.45. The van der Waals surface area contributed by atoms with Gasteiger partial charge in [-0.25, -0.2) is 0 Å². The zero-order valence-electron chi connectivity index (χ0n) is 8.64. The molecule has 0 rings (SSSR count). The van der Waals surface area contributed by atoms with Crippen LogP contribution in [0.3, 0.4) is 0 Å². The first-order valence-corrected chi connectivity index (χ1v) is 5.94. The van der Waals surface area contributed by atoms with Crippen molar-refractivity contribution in [3.8, 4) is 0 Å². The summed E-state index contributed by atoms with van der Waals surface area (Å²) in [6.07, 6.45) is 10.8. The predicted molar refractivity (Wildman–Crippen MR) is 59.7 cm³/mol. The molecule has 0 saturated carbocycles. The van der Waals surface area contributed by atoms with Gasteiger partial charge in [-0.2, -0.15) is 0 Å². The number of rotatable bonds is 8. The molecule has 0 fully saturated rings. The molecule has 0 bridgehead atoms. The third-order valence-corrected chi connectivity index (χ3v) is 2.90. The summed E-state index contributed by atoms with van der Waals surface area (Å²) in [6, 6.07) is 0. The molecule has 0 saturated heterocycles. The van der Waals surface area contributed by atoms with Crippen LogP contribution in [-0.4, -0.2) is 5.25 Å². The maximum Gasteiger partial charge on any atom is 0.0149 e. The lowest BCUT2D eigenvalue weighted by Gasteiger charge is -2.05. The molecule has 0 amide bonds. The van der Waals surface area contributed by atoms with Gasteiger partial charge in [-0.15, -0.1) is 0 Å². The van der Waals surface area contributed by atoms with Crippen molar-refractivity contribution in [1.29, 1.82) is 0 Å². The van der Waals surface area contributed by atoms with Gasteiger partial charge in [-0.3, -0.25) is 0 Å². The molecule has 0 spiro atoms. The van der Waals surface area contributed by atoms with Crippen LogP contribution in [-0.2, 0) is 0 Å². The van der Waals surface area contributed by atoms with E-state index in [1.165, 1.54) is 51.4 Å². The van der Waals surface area contributed by atoms with Crippen molar-refractivity contribution in [1.82, 2.24) is 0 Å². The minimum atomic E-state index is 0.538. The lowest BCUT2D eigenvalue weighted by atomic mass is 10.1. The van der Waals surface area contributed by atoms with Crippen LogP contribution in [0, 0.1) is 0 Å². The lowest BCUT2D eigenvalue weighted by molar-refractivity contribution is 0.579. The lowest BCUT2D eigenvalue weighted by Crippen LogP contribution is -1.95. The van der Waals surface area contributed by atoms with Gasteiger partial charge in [0.05, 0.1) is 0 Å². The first-order chi connectivity index (χ1) is 5.81. The standard InChI is InChI=1S/C11H23S/c1-3-5-6-7-8-9-10-11(12)4-2/h11H,3-10H2,1-2H3. The molecular formula is C11H23S. The van der Waals surface area contributed by atoms with E-state index in [0.717, 1.165) is 0 Å². The van der Waals surface area contributed by atoms with Gasteiger partial charge in [-0.1, -0.05) is 65.0 Å². The van der Waals surface area contributed by atoms with Gasteiger partial charge in [0.25, 0.3) is 0 Å². The van der Waals surface area contributed by atoms with Crippen molar-refractivity contribution in [2.24, 2.45) is 0 Å². The van der Waals surface area contributed by atoms with Crippen molar-refractivity contribution in [3.05, 3.63) is 0 Å². The van der Waals surface area contributed by atoms with Gasteiger partial charge in [-0.05, 0) is 12.8 Å². The Morgan fingerprint density at radius 1 is 0.917 bits per heavy atom. The fourth-order valence-electron chi connectivity index (χ4n) is 1.36. The summed E-state index contributed by atoms with van der Waals surface area (Å²) >= 11 is 5.24. The van der Waals surface area contributed by atoms with Gasteiger partial charge in [0.2, 0.25) is 0 Å². The molecule has 0 heterocycles. The first kappa shape index (κ1) is 12.3. The fourth-order valence-corrected chi connectivity index (χ4v) is 1.52. The summed E-state index contributed by atoms with van der Waals surface area (Å²) in [5, 5.41) is 0.538. The van der Waals surface area contributed by atoms with Crippen LogP contribution in [0.1, 0.15) is 65.2 Å². The third-order valence-electron chi connectivity index (χ3n) is 2.33. The largest absolute Gasteiger partial charge is 0.0905 e. The van der Waals surface area contributed by atoms with E-state index in [1.807, 2.05) is 0 Å². The Bertz CT molecular complexity index is 81.1. The second kappa shape index (κ2) is 9.44. The average Bonchev–Trinajstić information content (AvgIpc) is 2.10. The molecule has 12 heavy (non-hydrogen) atoms. The second-order valence-corrected chi connectivity index (χ2v) is 4.25. The molecular weight excluding hydrogens is 164 g/mol. The molecule has 1 atom stereocenters. The Morgan fingerprint density at radius 2 is 1.50 bits per heavy atom. The number of unbranched alkanes of at least 4 members (excludes halogenated alkanes) is 5. The van der Waals surface area contributed by atoms with Crippen molar-refractivity contribution >= 4 is 12.6 Å². The predicted octanol–water partition coefficient (Wildman–Crippen LogP) is 4.71. The molecule has 0 aliphatic rings. The quantitative estimate of drug-likeness (QED) is 0.483. The van der Waals surface area contributed by atoms with Gasteiger partial charge in [0.15, 0.2) is 0 Å². The van der Waals surface area contributed by atoms with Crippen LogP contribution >= 0.6 is 12.6 Å². The van der Waals surface area contributed by atoms with E-state index < -0.39 is 0 Å². The minimum absolute atomic E-state index is 0.538. The smallest absolute Gasteiger partial charge is 0.0149 e. The molecule has 0 N–H and O–H groups in total. The molecule has 73 valence electrons. The summed E-state index contributed by atoms with van der Waals surface area (Å²) in [5.74, 6) is 0. The maximum absolute atomic E-state index is 5.24. The van der Waals surface area contributed by atoms with Crippen molar-refractivity contribution in [3.63, 3.8) is 0 Å². The van der Waals surface area contributed by atoms with E-state index in [4.69, 9.17) is 12.6 Å². The summed E-state index contributed by atoms with van der Waals surface area (Å²) in [6.45, 7) is 4.45. The molecule has 1 radical (unpaired) electrons. The van der Waals surface area contributed by atoms with Crippen molar-refractivity contribution in [2.75, 3.05) is 0 Å². The van der Waals surface area contributed by atoms with Crippen molar-refractivity contribution < 1.29 is 0 Å². The Labute approximate surface area is 83.5 Å². The molecule has 0 aliphatic heterocycles. The normalized spacial score (nSPS) is 13.2. The van der Waals surface area contributed by atoms with Crippen LogP contribution in [0.25, 0.3) is 0 Å². The van der Waals surface area contributed by atoms with Crippen molar-refractivity contribution in [2.45, 2.75) is 70.5 Å². The summed E-state index contributed by atoms with van der Waals surface area (Å²) in [4.78, 5) is 0. The van der Waals surface area contributed by atoms with Gasteiger partial charge < -0.3 is 0 Å². The SMILES string of the molecule is CCCCCCCCC([S])CC. The van der Waals surface area contributed by atoms with E-state index in [0.29, 0.717) is 5.25 Å². The Hall–Kier alpha value is 0.350. The van der Waals surface area contributed by atoms with Gasteiger partial charge in [0.1, 0.15) is 0 Å². The highest BCUT2D eigenvalue weighted by atomic mass is 32.1. The Kier molecular flexibility index (Phi) is 9.71. The van der Waals surface area contributed by atoms with E-state index in [2.05, 4.69) is 13.8 Å². The molecule has 0 aromatic carbocycles. The van der Waals surface area contributed by atoms with Crippen LogP contribution < -0.4 is 0 Å². The van der Waals surface area contributed by atoms with Crippen LogP contribution in [0.5, 0.6) is 0 Å². The monoisotopic (exact) mass is 187 g/mol. The highest BCUT2D eigenvalue weighted by molar-refractivity contribution is 7.80. The van der Waals surface area contributed by atoms with E-state index >= 15 is 0 Å². The van der Waals surface area contributed by atoms with Crippen LogP contribution in [0.2, 0.25) is 0 Å². The van der Waals surface area contributed by atoms with Crippen LogP contribution in [0.15, 0.2) is 0 Å². The first-order valence-electron chi connectivity index (χ1n) is 5.47. The zero-order valence-corrected chi connectivity index (χ0v) is 9.46. The van der Waals surface area contributed by atoms with E-state index in [1.54, 1.807) is 0 Å². The number of hydrogen-bond donors (Lipinski definition) is 0. The number of hydrogen-bond acceptors (Lipinski definition) is 0. The average molecular weight is 187 g/mol. The van der Waals surface area contributed by atoms with Gasteiger partial charge >= 0.3 is 0 Å². The fraction of sp³-hybridized carbons (Fsp3) is 1.00. The highest BCUT2D eigenvalue weighted by Crippen LogP contribution is 2.13. The molecule has 1 heteroatoms. The molecule has 0 nitrogen and oxygen atoms in total. The van der Waals surface area contributed by atoms with Crippen LogP contribution in [0.4, 0.5) is 0 Å². The van der Waals surface area contributed by atoms with Gasteiger partial charge in [0, 0.05) is 5.25 Å². The summed E-state index contributed by atoms with van der Waals surface area (Å²) in [5.41, 5.74) is 0. The zero-order chi connectivity index (χ0) is 9.23. The van der Waals surface area contributed by atoms with E-state index in [9.17, 15) is 0 Å². The molecule has 1 unspecified atom stereocenters. The second-order valence-electron chi connectivity index (χ2n) is 3.59.